The molecule has 0 radical (unpaired) electrons. The molecule has 0 aliphatic heterocycles. The second kappa shape index (κ2) is 5.52. The highest BCUT2D eigenvalue weighted by Crippen LogP contribution is 2.33. The summed E-state index contributed by atoms with van der Waals surface area (Å²) in [6, 6.07) is 4.10. The minimum absolute atomic E-state index is 0.859. The zero-order valence-corrected chi connectivity index (χ0v) is 12.4. The van der Waals surface area contributed by atoms with Crippen LogP contribution in [0.15, 0.2) is 21.1 Å². The van der Waals surface area contributed by atoms with Gasteiger partial charge in [-0.3, -0.25) is 0 Å². The molecule has 1 N–H and O–H groups in total. The van der Waals surface area contributed by atoms with Gasteiger partial charge in [-0.15, -0.1) is 0 Å². The van der Waals surface area contributed by atoms with Gasteiger partial charge in [0.2, 0.25) is 0 Å². The van der Waals surface area contributed by atoms with Crippen LogP contribution in [0, 0.1) is 5.92 Å². The Morgan fingerprint density at radius 1 is 1.38 bits per heavy atom. The van der Waals surface area contributed by atoms with Crippen LogP contribution in [0.25, 0.3) is 0 Å². The fourth-order valence-corrected chi connectivity index (χ4v) is 3.18. The second-order valence-electron chi connectivity index (χ2n) is 4.15. The third-order valence-electron chi connectivity index (χ3n) is 2.73. The maximum atomic E-state index is 5.40. The number of benzene rings is 1. The highest BCUT2D eigenvalue weighted by Gasteiger charge is 2.20. The van der Waals surface area contributed by atoms with Crippen molar-refractivity contribution in [3.63, 3.8) is 0 Å². The average molecular weight is 349 g/mol. The van der Waals surface area contributed by atoms with E-state index in [0.717, 1.165) is 33.7 Å². The summed E-state index contributed by atoms with van der Waals surface area (Å²) in [5.74, 6) is 1.83. The van der Waals surface area contributed by atoms with E-state index in [4.69, 9.17) is 4.74 Å². The van der Waals surface area contributed by atoms with Gasteiger partial charge in [0, 0.05) is 16.6 Å². The number of hydrogen-bond acceptors (Lipinski definition) is 2. The first-order valence-electron chi connectivity index (χ1n) is 5.43. The Morgan fingerprint density at radius 3 is 2.75 bits per heavy atom. The molecule has 0 aromatic heterocycles. The summed E-state index contributed by atoms with van der Waals surface area (Å²) >= 11 is 7.00. The predicted octanol–water partition coefficient (Wildman–Crippen LogP) is 3.72. The Morgan fingerprint density at radius 2 is 2.12 bits per heavy atom. The molecule has 0 bridgehead atoms. The van der Waals surface area contributed by atoms with Gasteiger partial charge in [0.15, 0.2) is 0 Å². The first-order valence-corrected chi connectivity index (χ1v) is 7.02. The largest absolute Gasteiger partial charge is 0.495 e. The fourth-order valence-electron chi connectivity index (χ4n) is 1.71. The van der Waals surface area contributed by atoms with Crippen molar-refractivity contribution >= 4 is 31.9 Å². The minimum atomic E-state index is 0.859. The van der Waals surface area contributed by atoms with E-state index in [-0.39, 0.29) is 0 Å². The summed E-state index contributed by atoms with van der Waals surface area (Å²) in [6.07, 6.45) is 2.76. The van der Waals surface area contributed by atoms with E-state index in [1.807, 2.05) is 6.07 Å². The lowest BCUT2D eigenvalue weighted by molar-refractivity contribution is 0.404. The molecule has 4 heteroatoms. The van der Waals surface area contributed by atoms with Gasteiger partial charge < -0.3 is 10.1 Å². The van der Waals surface area contributed by atoms with Gasteiger partial charge in [-0.25, -0.2) is 0 Å². The zero-order chi connectivity index (χ0) is 11.5. The van der Waals surface area contributed by atoms with Crippen LogP contribution in [0.5, 0.6) is 5.75 Å². The lowest BCUT2D eigenvalue weighted by Crippen LogP contribution is -2.16. The summed E-state index contributed by atoms with van der Waals surface area (Å²) in [5, 5.41) is 3.47. The van der Waals surface area contributed by atoms with Crippen molar-refractivity contribution in [1.82, 2.24) is 5.32 Å². The molecule has 0 spiro atoms. The molecule has 0 heterocycles. The lowest BCUT2D eigenvalue weighted by Gasteiger charge is -2.12. The first kappa shape index (κ1) is 12.4. The van der Waals surface area contributed by atoms with Gasteiger partial charge in [-0.2, -0.15) is 0 Å². The molecule has 0 saturated heterocycles. The van der Waals surface area contributed by atoms with Crippen LogP contribution >= 0.6 is 31.9 Å². The van der Waals surface area contributed by atoms with Crippen LogP contribution < -0.4 is 10.1 Å². The normalized spacial score (nSPS) is 15.2. The fraction of sp³-hybridized carbons (Fsp3) is 0.500. The van der Waals surface area contributed by atoms with E-state index in [1.54, 1.807) is 7.11 Å². The number of halogens is 2. The van der Waals surface area contributed by atoms with Crippen molar-refractivity contribution < 1.29 is 4.74 Å². The smallest absolute Gasteiger partial charge is 0.137 e. The molecule has 1 aliphatic rings. The van der Waals surface area contributed by atoms with Crippen molar-refractivity contribution in [2.24, 2.45) is 5.92 Å². The van der Waals surface area contributed by atoms with Crippen LogP contribution in [0.4, 0.5) is 0 Å². The number of ether oxygens (including phenoxy) is 1. The van der Waals surface area contributed by atoms with Crippen molar-refractivity contribution in [2.75, 3.05) is 13.7 Å². The molecule has 1 saturated carbocycles. The van der Waals surface area contributed by atoms with E-state index in [9.17, 15) is 0 Å². The van der Waals surface area contributed by atoms with Gasteiger partial charge in [-0.05, 0) is 53.4 Å². The predicted molar refractivity (Wildman–Crippen MR) is 72.8 cm³/mol. The van der Waals surface area contributed by atoms with Crippen LogP contribution in [0.1, 0.15) is 18.4 Å². The Labute approximate surface area is 113 Å². The van der Waals surface area contributed by atoms with Gasteiger partial charge >= 0.3 is 0 Å². The molecule has 16 heavy (non-hydrogen) atoms. The van der Waals surface area contributed by atoms with Crippen molar-refractivity contribution in [2.45, 2.75) is 19.4 Å². The third-order valence-corrected chi connectivity index (χ3v) is 3.78. The molecule has 2 nitrogen and oxygen atoms in total. The molecular weight excluding hydrogens is 334 g/mol. The molecule has 2 rings (SSSR count). The molecular formula is C12H15Br2NO. The first-order chi connectivity index (χ1) is 7.70. The number of hydrogen-bond donors (Lipinski definition) is 1. The van der Waals surface area contributed by atoms with E-state index < -0.39 is 0 Å². The number of nitrogens with one attached hydrogen (secondary N) is 1. The van der Waals surface area contributed by atoms with Crippen LogP contribution in [-0.2, 0) is 6.54 Å². The lowest BCUT2D eigenvalue weighted by atomic mass is 10.2. The second-order valence-corrected chi connectivity index (χ2v) is 5.92. The summed E-state index contributed by atoms with van der Waals surface area (Å²) in [7, 11) is 1.71. The van der Waals surface area contributed by atoms with E-state index >= 15 is 0 Å². The minimum Gasteiger partial charge on any atom is -0.495 e. The van der Waals surface area contributed by atoms with Crippen molar-refractivity contribution in [3.8, 4) is 5.75 Å². The monoisotopic (exact) mass is 347 g/mol. The van der Waals surface area contributed by atoms with E-state index in [1.165, 1.54) is 18.4 Å². The Hall–Kier alpha value is -0.0600. The van der Waals surface area contributed by atoms with Crippen LogP contribution in [0.2, 0.25) is 0 Å². The summed E-state index contributed by atoms with van der Waals surface area (Å²) in [5.41, 5.74) is 1.18. The van der Waals surface area contributed by atoms with E-state index in [2.05, 4.69) is 43.2 Å². The number of methoxy groups -OCH3 is 1. The van der Waals surface area contributed by atoms with Crippen molar-refractivity contribution in [3.05, 3.63) is 26.6 Å². The highest BCUT2D eigenvalue weighted by atomic mass is 79.9. The summed E-state index contributed by atoms with van der Waals surface area (Å²) < 4.78 is 7.46. The molecule has 1 aliphatic carbocycles. The van der Waals surface area contributed by atoms with Crippen LogP contribution in [-0.4, -0.2) is 13.7 Å². The molecule has 0 amide bonds. The molecule has 88 valence electrons. The van der Waals surface area contributed by atoms with Crippen LogP contribution in [0.3, 0.4) is 0 Å². The van der Waals surface area contributed by atoms with E-state index in [0.29, 0.717) is 0 Å². The molecule has 1 aromatic carbocycles. The third kappa shape index (κ3) is 3.22. The number of rotatable bonds is 5. The zero-order valence-electron chi connectivity index (χ0n) is 9.22. The molecule has 0 atom stereocenters. The Bertz CT molecular complexity index is 378. The molecule has 1 fully saturated rings. The maximum Gasteiger partial charge on any atom is 0.137 e. The highest BCUT2D eigenvalue weighted by molar-refractivity contribution is 9.11. The summed E-state index contributed by atoms with van der Waals surface area (Å²) in [6.45, 7) is 1.98. The standard InChI is InChI=1S/C12H15Br2NO/c1-16-12-9(4-10(13)5-11(12)14)7-15-6-8-2-3-8/h4-5,8,15H,2-3,6-7H2,1H3. The quantitative estimate of drug-likeness (QED) is 0.875. The average Bonchev–Trinajstić information content (AvgIpc) is 3.01. The molecule has 0 unspecified atom stereocenters. The summed E-state index contributed by atoms with van der Waals surface area (Å²) in [4.78, 5) is 0. The maximum absolute atomic E-state index is 5.40. The Kier molecular flexibility index (Phi) is 4.27. The topological polar surface area (TPSA) is 21.3 Å². The molecule has 1 aromatic rings. The van der Waals surface area contributed by atoms with Gasteiger partial charge in [0.1, 0.15) is 5.75 Å². The van der Waals surface area contributed by atoms with Gasteiger partial charge in [0.05, 0.1) is 11.6 Å². The van der Waals surface area contributed by atoms with Crippen molar-refractivity contribution in [1.29, 1.82) is 0 Å². The van der Waals surface area contributed by atoms with Gasteiger partial charge in [0.25, 0.3) is 0 Å². The Balaban J connectivity index is 2.04. The van der Waals surface area contributed by atoms with Gasteiger partial charge in [-0.1, -0.05) is 15.9 Å². The SMILES string of the molecule is COc1c(Br)cc(Br)cc1CNCC1CC1.